The highest BCUT2D eigenvalue weighted by molar-refractivity contribution is 7.80. The van der Waals surface area contributed by atoms with Crippen LogP contribution in [0.15, 0.2) is 18.2 Å². The Kier molecular flexibility index (Phi) is 4.11. The average Bonchev–Trinajstić information content (AvgIpc) is 2.15. The molecule has 0 saturated heterocycles. The maximum absolute atomic E-state index is 11.9. The third-order valence-corrected chi connectivity index (χ3v) is 2.63. The van der Waals surface area contributed by atoms with Crippen molar-refractivity contribution >= 4 is 40.4 Å². The van der Waals surface area contributed by atoms with Crippen molar-refractivity contribution in [1.29, 1.82) is 0 Å². The van der Waals surface area contributed by atoms with Gasteiger partial charge in [-0.1, -0.05) is 44.6 Å². The van der Waals surface area contributed by atoms with Crippen molar-refractivity contribution in [2.45, 2.75) is 20.8 Å². The van der Waals surface area contributed by atoms with Crippen LogP contribution in [0.25, 0.3) is 0 Å². The molecule has 0 radical (unpaired) electrons. The predicted molar refractivity (Wildman–Crippen MR) is 75.4 cm³/mol. The summed E-state index contributed by atoms with van der Waals surface area (Å²) in [6.07, 6.45) is 0. The molecular formula is C12H15ClN2OS. The third kappa shape index (κ3) is 3.68. The highest BCUT2D eigenvalue weighted by atomic mass is 35.5. The van der Waals surface area contributed by atoms with Gasteiger partial charge in [-0.15, -0.1) is 0 Å². The lowest BCUT2D eigenvalue weighted by molar-refractivity contribution is -0.123. The van der Waals surface area contributed by atoms with Gasteiger partial charge in [-0.25, -0.2) is 0 Å². The van der Waals surface area contributed by atoms with Crippen molar-refractivity contribution in [2.75, 3.05) is 5.32 Å². The third-order valence-electron chi connectivity index (χ3n) is 2.18. The lowest BCUT2D eigenvalue weighted by Crippen LogP contribution is -2.28. The standard InChI is InChI=1S/C12H15ClN2OS/c1-12(2,3)11(16)15-9-6-7(13)4-5-8(9)10(14)17/h4-6H,1-3H3,(H2,14,17)(H,15,16). The summed E-state index contributed by atoms with van der Waals surface area (Å²) in [5.74, 6) is -0.114. The highest BCUT2D eigenvalue weighted by Crippen LogP contribution is 2.24. The molecule has 0 aliphatic rings. The van der Waals surface area contributed by atoms with E-state index >= 15 is 0 Å². The Morgan fingerprint density at radius 2 is 2.00 bits per heavy atom. The molecule has 0 fully saturated rings. The van der Waals surface area contributed by atoms with Crippen LogP contribution in [0.1, 0.15) is 26.3 Å². The summed E-state index contributed by atoms with van der Waals surface area (Å²) in [7, 11) is 0. The van der Waals surface area contributed by atoms with Gasteiger partial charge in [0.1, 0.15) is 4.99 Å². The molecule has 0 aliphatic carbocycles. The molecule has 0 aromatic heterocycles. The lowest BCUT2D eigenvalue weighted by atomic mass is 9.95. The Bertz CT molecular complexity index is 466. The van der Waals surface area contributed by atoms with Crippen LogP contribution in [0.3, 0.4) is 0 Å². The van der Waals surface area contributed by atoms with Crippen LogP contribution in [-0.2, 0) is 4.79 Å². The molecule has 0 spiro atoms. The molecule has 5 heteroatoms. The second-order valence-electron chi connectivity index (χ2n) is 4.76. The summed E-state index contributed by atoms with van der Waals surface area (Å²) in [5, 5.41) is 3.30. The number of halogens is 1. The first-order valence-electron chi connectivity index (χ1n) is 5.12. The number of thiocarbonyl (C=S) groups is 1. The van der Waals surface area contributed by atoms with Gasteiger partial charge in [-0.3, -0.25) is 4.79 Å². The van der Waals surface area contributed by atoms with Crippen molar-refractivity contribution < 1.29 is 4.79 Å². The predicted octanol–water partition coefficient (Wildman–Crippen LogP) is 2.96. The van der Waals surface area contributed by atoms with E-state index in [1.807, 2.05) is 20.8 Å². The molecule has 0 atom stereocenters. The number of carbonyl (C=O) groups is 1. The average molecular weight is 271 g/mol. The first kappa shape index (κ1) is 13.9. The fourth-order valence-electron chi connectivity index (χ4n) is 1.14. The van der Waals surface area contributed by atoms with Crippen molar-refractivity contribution in [2.24, 2.45) is 11.1 Å². The van der Waals surface area contributed by atoms with Crippen LogP contribution in [0.5, 0.6) is 0 Å². The van der Waals surface area contributed by atoms with Crippen molar-refractivity contribution in [1.82, 2.24) is 0 Å². The molecule has 0 saturated carbocycles. The number of hydrogen-bond acceptors (Lipinski definition) is 2. The number of amides is 1. The minimum absolute atomic E-state index is 0.114. The van der Waals surface area contributed by atoms with Gasteiger partial charge in [0.25, 0.3) is 0 Å². The highest BCUT2D eigenvalue weighted by Gasteiger charge is 2.22. The molecule has 3 N–H and O–H groups in total. The number of anilines is 1. The normalized spacial score (nSPS) is 11.1. The van der Waals surface area contributed by atoms with E-state index in [0.29, 0.717) is 16.3 Å². The van der Waals surface area contributed by atoms with Crippen LogP contribution < -0.4 is 11.1 Å². The second-order valence-corrected chi connectivity index (χ2v) is 5.63. The summed E-state index contributed by atoms with van der Waals surface area (Å²) >= 11 is 10.8. The van der Waals surface area contributed by atoms with Gasteiger partial charge >= 0.3 is 0 Å². The Morgan fingerprint density at radius 1 is 1.41 bits per heavy atom. The largest absolute Gasteiger partial charge is 0.389 e. The van der Waals surface area contributed by atoms with Gasteiger partial charge in [0, 0.05) is 16.0 Å². The van der Waals surface area contributed by atoms with Crippen molar-refractivity contribution in [3.8, 4) is 0 Å². The molecule has 1 rings (SSSR count). The quantitative estimate of drug-likeness (QED) is 0.813. The van der Waals surface area contributed by atoms with Gasteiger partial charge in [0.15, 0.2) is 0 Å². The van der Waals surface area contributed by atoms with E-state index in [4.69, 9.17) is 29.6 Å². The van der Waals surface area contributed by atoms with Crippen LogP contribution in [0.2, 0.25) is 5.02 Å². The Morgan fingerprint density at radius 3 is 2.47 bits per heavy atom. The van der Waals surface area contributed by atoms with E-state index in [0.717, 1.165) is 0 Å². The molecule has 1 aromatic rings. The van der Waals surface area contributed by atoms with Gasteiger partial charge in [-0.2, -0.15) is 0 Å². The summed E-state index contributed by atoms with van der Waals surface area (Å²) in [6, 6.07) is 5.02. The molecule has 1 amide bonds. The topological polar surface area (TPSA) is 55.1 Å². The van der Waals surface area contributed by atoms with Crippen LogP contribution in [0, 0.1) is 5.41 Å². The maximum atomic E-state index is 11.9. The maximum Gasteiger partial charge on any atom is 0.229 e. The first-order chi connectivity index (χ1) is 7.71. The zero-order chi connectivity index (χ0) is 13.2. The summed E-state index contributed by atoms with van der Waals surface area (Å²) < 4.78 is 0. The van der Waals surface area contributed by atoms with Crippen molar-refractivity contribution in [3.63, 3.8) is 0 Å². The SMILES string of the molecule is CC(C)(C)C(=O)Nc1cc(Cl)ccc1C(N)=S. The number of rotatable bonds is 2. The Labute approximate surface area is 111 Å². The molecule has 0 bridgehead atoms. The fourth-order valence-corrected chi connectivity index (χ4v) is 1.49. The van der Waals surface area contributed by atoms with E-state index in [9.17, 15) is 4.79 Å². The first-order valence-corrected chi connectivity index (χ1v) is 5.91. The molecular weight excluding hydrogens is 256 g/mol. The number of benzene rings is 1. The van der Waals surface area contributed by atoms with Gasteiger partial charge in [-0.05, 0) is 18.2 Å². The molecule has 0 unspecified atom stereocenters. The molecule has 17 heavy (non-hydrogen) atoms. The van der Waals surface area contributed by atoms with Crippen LogP contribution >= 0.6 is 23.8 Å². The van der Waals surface area contributed by atoms with Gasteiger partial charge < -0.3 is 11.1 Å². The van der Waals surface area contributed by atoms with Crippen LogP contribution in [-0.4, -0.2) is 10.9 Å². The summed E-state index contributed by atoms with van der Waals surface area (Å²) in [5.41, 5.74) is 6.26. The van der Waals surface area contributed by atoms with Crippen LogP contribution in [0.4, 0.5) is 5.69 Å². The van der Waals surface area contributed by atoms with E-state index in [1.165, 1.54) is 0 Å². The Hall–Kier alpha value is -1.13. The number of nitrogens with two attached hydrogens (primary N) is 1. The molecule has 1 aromatic carbocycles. The molecule has 92 valence electrons. The summed E-state index contributed by atoms with van der Waals surface area (Å²) in [4.78, 5) is 12.1. The van der Waals surface area contributed by atoms with Gasteiger partial charge in [0.05, 0.1) is 5.69 Å². The molecule has 0 aliphatic heterocycles. The van der Waals surface area contributed by atoms with Crippen molar-refractivity contribution in [3.05, 3.63) is 28.8 Å². The molecule has 3 nitrogen and oxygen atoms in total. The lowest BCUT2D eigenvalue weighted by Gasteiger charge is -2.19. The van der Waals surface area contributed by atoms with E-state index in [2.05, 4.69) is 5.32 Å². The van der Waals surface area contributed by atoms with E-state index < -0.39 is 5.41 Å². The zero-order valence-corrected chi connectivity index (χ0v) is 11.6. The number of nitrogens with one attached hydrogen (secondary N) is 1. The Balaban J connectivity index is 3.09. The minimum atomic E-state index is -0.490. The molecule has 0 heterocycles. The van der Waals surface area contributed by atoms with E-state index in [1.54, 1.807) is 18.2 Å². The van der Waals surface area contributed by atoms with E-state index in [-0.39, 0.29) is 10.9 Å². The van der Waals surface area contributed by atoms with Gasteiger partial charge in [0.2, 0.25) is 5.91 Å². The monoisotopic (exact) mass is 270 g/mol. The smallest absolute Gasteiger partial charge is 0.229 e. The summed E-state index contributed by atoms with van der Waals surface area (Å²) in [6.45, 7) is 5.48. The fraction of sp³-hybridized carbons (Fsp3) is 0.333. The number of hydrogen-bond donors (Lipinski definition) is 2. The number of carbonyl (C=O) groups excluding carboxylic acids is 1. The zero-order valence-electron chi connectivity index (χ0n) is 10.0. The second kappa shape index (κ2) is 5.02. The minimum Gasteiger partial charge on any atom is -0.389 e.